The maximum absolute atomic E-state index is 6.01. The van der Waals surface area contributed by atoms with E-state index in [2.05, 4.69) is 12.2 Å². The van der Waals surface area contributed by atoms with Crippen molar-refractivity contribution in [2.24, 2.45) is 0 Å². The van der Waals surface area contributed by atoms with Crippen molar-refractivity contribution in [2.75, 3.05) is 13.1 Å². The summed E-state index contributed by atoms with van der Waals surface area (Å²) in [4.78, 5) is 0. The molecule has 0 saturated carbocycles. The monoisotopic (exact) mass is 243 g/mol. The lowest BCUT2D eigenvalue weighted by atomic mass is 10.2. The van der Waals surface area contributed by atoms with E-state index in [1.807, 2.05) is 30.4 Å². The van der Waals surface area contributed by atoms with Crippen LogP contribution in [0.4, 0.5) is 0 Å². The van der Waals surface area contributed by atoms with Crippen LogP contribution >= 0.6 is 23.2 Å². The molecule has 3 heteroatoms. The Morgan fingerprint density at radius 1 is 1.27 bits per heavy atom. The summed E-state index contributed by atoms with van der Waals surface area (Å²) >= 11 is 12.0. The standard InChI is InChI=1S/C12H15Cl2N/c1-2-8-15-9-4-5-10-11(13)6-3-7-12(10)14/h3-7,15H,2,8-9H2,1H3. The second-order valence-corrected chi connectivity index (χ2v) is 4.06. The molecule has 1 N–H and O–H groups in total. The fourth-order valence-electron chi connectivity index (χ4n) is 1.21. The lowest BCUT2D eigenvalue weighted by Gasteiger charge is -2.01. The van der Waals surface area contributed by atoms with E-state index >= 15 is 0 Å². The van der Waals surface area contributed by atoms with E-state index in [4.69, 9.17) is 23.2 Å². The second-order valence-electron chi connectivity index (χ2n) is 3.24. The quantitative estimate of drug-likeness (QED) is 0.772. The molecule has 0 unspecified atom stereocenters. The van der Waals surface area contributed by atoms with E-state index in [0.29, 0.717) is 10.0 Å². The molecule has 0 aromatic heterocycles. The van der Waals surface area contributed by atoms with Crippen molar-refractivity contribution < 1.29 is 0 Å². The van der Waals surface area contributed by atoms with Gasteiger partial charge in [0.25, 0.3) is 0 Å². The van der Waals surface area contributed by atoms with Crippen LogP contribution in [0.3, 0.4) is 0 Å². The highest BCUT2D eigenvalue weighted by Gasteiger charge is 1.99. The number of hydrogen-bond acceptors (Lipinski definition) is 1. The zero-order valence-corrected chi connectivity index (χ0v) is 10.3. The number of rotatable bonds is 5. The fourth-order valence-corrected chi connectivity index (χ4v) is 1.73. The van der Waals surface area contributed by atoms with Crippen LogP contribution in [0, 0.1) is 0 Å². The minimum absolute atomic E-state index is 0.689. The van der Waals surface area contributed by atoms with Crippen LogP contribution in [0.25, 0.3) is 6.08 Å². The van der Waals surface area contributed by atoms with Crippen LogP contribution in [0.15, 0.2) is 24.3 Å². The van der Waals surface area contributed by atoms with Gasteiger partial charge in [-0.25, -0.2) is 0 Å². The second kappa shape index (κ2) is 6.89. The van der Waals surface area contributed by atoms with Gasteiger partial charge in [-0.05, 0) is 25.1 Å². The van der Waals surface area contributed by atoms with Gasteiger partial charge in [-0.2, -0.15) is 0 Å². The minimum atomic E-state index is 0.689. The Morgan fingerprint density at radius 2 is 1.93 bits per heavy atom. The van der Waals surface area contributed by atoms with Crippen molar-refractivity contribution in [3.63, 3.8) is 0 Å². The molecule has 0 radical (unpaired) electrons. The normalized spacial score (nSPS) is 11.1. The Balaban J connectivity index is 2.56. The maximum Gasteiger partial charge on any atom is 0.0493 e. The number of halogens is 2. The summed E-state index contributed by atoms with van der Waals surface area (Å²) < 4.78 is 0. The third-order valence-electron chi connectivity index (χ3n) is 1.97. The average molecular weight is 244 g/mol. The molecular weight excluding hydrogens is 229 g/mol. The molecule has 0 spiro atoms. The van der Waals surface area contributed by atoms with Crippen molar-refractivity contribution in [3.05, 3.63) is 39.9 Å². The molecule has 1 aromatic carbocycles. The van der Waals surface area contributed by atoms with Crippen LogP contribution in [-0.4, -0.2) is 13.1 Å². The van der Waals surface area contributed by atoms with Crippen LogP contribution in [0.5, 0.6) is 0 Å². The molecule has 0 bridgehead atoms. The van der Waals surface area contributed by atoms with Gasteiger partial charge < -0.3 is 5.32 Å². The summed E-state index contributed by atoms with van der Waals surface area (Å²) in [6.45, 7) is 4.01. The maximum atomic E-state index is 6.01. The SMILES string of the molecule is CCCNCC=Cc1c(Cl)cccc1Cl. The summed E-state index contributed by atoms with van der Waals surface area (Å²) in [6, 6.07) is 5.52. The van der Waals surface area contributed by atoms with Crippen molar-refractivity contribution in [1.29, 1.82) is 0 Å². The Bertz CT molecular complexity index is 314. The van der Waals surface area contributed by atoms with E-state index in [0.717, 1.165) is 25.1 Å². The first-order chi connectivity index (χ1) is 7.25. The molecule has 0 saturated heterocycles. The van der Waals surface area contributed by atoms with E-state index in [-0.39, 0.29) is 0 Å². The molecule has 0 amide bonds. The lowest BCUT2D eigenvalue weighted by Crippen LogP contribution is -2.13. The first-order valence-corrected chi connectivity index (χ1v) is 5.82. The Hall–Kier alpha value is -0.500. The van der Waals surface area contributed by atoms with Gasteiger partial charge in [0.15, 0.2) is 0 Å². The van der Waals surface area contributed by atoms with Gasteiger partial charge in [0.05, 0.1) is 0 Å². The molecule has 0 aliphatic heterocycles. The van der Waals surface area contributed by atoms with E-state index in [1.54, 1.807) is 0 Å². The predicted octanol–water partition coefficient (Wildman–Crippen LogP) is 4.01. The molecule has 1 aromatic rings. The molecular formula is C12H15Cl2N. The number of nitrogens with one attached hydrogen (secondary N) is 1. The van der Waals surface area contributed by atoms with Gasteiger partial charge in [0.2, 0.25) is 0 Å². The summed E-state index contributed by atoms with van der Waals surface area (Å²) in [7, 11) is 0. The lowest BCUT2D eigenvalue weighted by molar-refractivity contribution is 0.730. The smallest absolute Gasteiger partial charge is 0.0493 e. The number of benzene rings is 1. The Labute approximate surface area is 101 Å². The molecule has 82 valence electrons. The molecule has 1 rings (SSSR count). The van der Waals surface area contributed by atoms with Gasteiger partial charge in [0.1, 0.15) is 0 Å². The van der Waals surface area contributed by atoms with Crippen molar-refractivity contribution >= 4 is 29.3 Å². The van der Waals surface area contributed by atoms with Crippen molar-refractivity contribution in [3.8, 4) is 0 Å². The zero-order valence-electron chi connectivity index (χ0n) is 8.76. The average Bonchev–Trinajstić information content (AvgIpc) is 2.21. The fraction of sp³-hybridized carbons (Fsp3) is 0.333. The van der Waals surface area contributed by atoms with Gasteiger partial charge >= 0.3 is 0 Å². The molecule has 0 atom stereocenters. The minimum Gasteiger partial charge on any atom is -0.313 e. The van der Waals surface area contributed by atoms with Gasteiger partial charge in [-0.3, -0.25) is 0 Å². The highest BCUT2D eigenvalue weighted by molar-refractivity contribution is 6.37. The predicted molar refractivity (Wildman–Crippen MR) is 68.7 cm³/mol. The van der Waals surface area contributed by atoms with Crippen LogP contribution in [-0.2, 0) is 0 Å². The van der Waals surface area contributed by atoms with Crippen LogP contribution < -0.4 is 5.32 Å². The van der Waals surface area contributed by atoms with Gasteiger partial charge in [-0.15, -0.1) is 0 Å². The largest absolute Gasteiger partial charge is 0.313 e. The van der Waals surface area contributed by atoms with Gasteiger partial charge in [-0.1, -0.05) is 48.3 Å². The molecule has 0 aliphatic carbocycles. The van der Waals surface area contributed by atoms with Crippen LogP contribution in [0.2, 0.25) is 10.0 Å². The van der Waals surface area contributed by atoms with Crippen LogP contribution in [0.1, 0.15) is 18.9 Å². The van der Waals surface area contributed by atoms with E-state index in [9.17, 15) is 0 Å². The molecule has 1 nitrogen and oxygen atoms in total. The molecule has 0 heterocycles. The summed E-state index contributed by atoms with van der Waals surface area (Å²) in [5, 5.41) is 4.65. The first kappa shape index (κ1) is 12.6. The topological polar surface area (TPSA) is 12.0 Å². The van der Waals surface area contributed by atoms with Gasteiger partial charge in [0, 0.05) is 22.2 Å². The third-order valence-corrected chi connectivity index (χ3v) is 2.63. The highest BCUT2D eigenvalue weighted by atomic mass is 35.5. The summed E-state index contributed by atoms with van der Waals surface area (Å²) in [6.07, 6.45) is 5.12. The van der Waals surface area contributed by atoms with Crippen molar-refractivity contribution in [2.45, 2.75) is 13.3 Å². The molecule has 0 aliphatic rings. The molecule has 0 fully saturated rings. The molecule has 15 heavy (non-hydrogen) atoms. The van der Waals surface area contributed by atoms with E-state index < -0.39 is 0 Å². The third kappa shape index (κ3) is 4.25. The summed E-state index contributed by atoms with van der Waals surface area (Å²) in [5.74, 6) is 0. The first-order valence-electron chi connectivity index (χ1n) is 5.07. The number of hydrogen-bond donors (Lipinski definition) is 1. The van der Waals surface area contributed by atoms with Crippen molar-refractivity contribution in [1.82, 2.24) is 5.32 Å². The Morgan fingerprint density at radius 3 is 2.53 bits per heavy atom. The summed E-state index contributed by atoms with van der Waals surface area (Å²) in [5.41, 5.74) is 0.888. The highest BCUT2D eigenvalue weighted by Crippen LogP contribution is 2.25. The Kier molecular flexibility index (Phi) is 5.77. The zero-order chi connectivity index (χ0) is 11.1. The van der Waals surface area contributed by atoms with E-state index in [1.165, 1.54) is 0 Å².